The van der Waals surface area contributed by atoms with E-state index in [0.717, 1.165) is 13.1 Å². The zero-order valence-electron chi connectivity index (χ0n) is 11.4. The van der Waals surface area contributed by atoms with Crippen LogP contribution in [0.1, 0.15) is 13.8 Å². The van der Waals surface area contributed by atoms with Gasteiger partial charge in [0, 0.05) is 36.3 Å². The van der Waals surface area contributed by atoms with Gasteiger partial charge >= 0.3 is 0 Å². The molecule has 5 nitrogen and oxygen atoms in total. The van der Waals surface area contributed by atoms with Gasteiger partial charge in [-0.2, -0.15) is 4.31 Å². The molecular formula is C12H17BrClN3O2S. The van der Waals surface area contributed by atoms with E-state index < -0.39 is 10.0 Å². The third-order valence-corrected chi connectivity index (χ3v) is 6.25. The number of pyridine rings is 1. The van der Waals surface area contributed by atoms with Crippen molar-refractivity contribution >= 4 is 37.6 Å². The molecule has 1 saturated heterocycles. The quantitative estimate of drug-likeness (QED) is 0.752. The molecule has 1 unspecified atom stereocenters. The van der Waals surface area contributed by atoms with Crippen LogP contribution in [0.25, 0.3) is 0 Å². The zero-order valence-corrected chi connectivity index (χ0v) is 14.5. The molecule has 1 atom stereocenters. The fourth-order valence-corrected chi connectivity index (χ4v) is 4.81. The normalized spacial score (nSPS) is 22.1. The largest absolute Gasteiger partial charge is 0.298 e. The second kappa shape index (κ2) is 6.27. The van der Waals surface area contributed by atoms with Gasteiger partial charge in [0.2, 0.25) is 10.0 Å². The lowest BCUT2D eigenvalue weighted by atomic mass is 10.2. The van der Waals surface area contributed by atoms with Crippen LogP contribution in [-0.2, 0) is 10.0 Å². The third-order valence-electron chi connectivity index (χ3n) is 3.53. The van der Waals surface area contributed by atoms with Crippen molar-refractivity contribution in [1.29, 1.82) is 0 Å². The van der Waals surface area contributed by atoms with E-state index in [4.69, 9.17) is 11.6 Å². The third kappa shape index (κ3) is 3.17. The van der Waals surface area contributed by atoms with E-state index in [1.54, 1.807) is 0 Å². The molecule has 20 heavy (non-hydrogen) atoms. The van der Waals surface area contributed by atoms with E-state index in [1.807, 2.05) is 6.92 Å². The molecule has 1 aromatic rings. The van der Waals surface area contributed by atoms with Gasteiger partial charge in [-0.15, -0.1) is 0 Å². The average molecular weight is 383 g/mol. The zero-order chi connectivity index (χ0) is 14.9. The topological polar surface area (TPSA) is 53.5 Å². The Morgan fingerprint density at radius 3 is 2.80 bits per heavy atom. The van der Waals surface area contributed by atoms with Gasteiger partial charge in [0.15, 0.2) is 0 Å². The van der Waals surface area contributed by atoms with Crippen LogP contribution in [-0.4, -0.2) is 54.8 Å². The van der Waals surface area contributed by atoms with Crippen LogP contribution in [0.15, 0.2) is 21.6 Å². The minimum Gasteiger partial charge on any atom is -0.298 e. The Kier molecular flexibility index (Phi) is 5.07. The molecule has 112 valence electrons. The Bertz CT molecular complexity index is 596. The van der Waals surface area contributed by atoms with Crippen molar-refractivity contribution in [2.24, 2.45) is 0 Å². The molecule has 0 radical (unpaired) electrons. The predicted octanol–water partition coefficient (Wildman–Crippen LogP) is 2.21. The van der Waals surface area contributed by atoms with Crippen LogP contribution < -0.4 is 0 Å². The number of piperazine rings is 1. The van der Waals surface area contributed by atoms with Crippen molar-refractivity contribution in [2.75, 3.05) is 26.2 Å². The minimum atomic E-state index is -3.60. The van der Waals surface area contributed by atoms with Crippen LogP contribution in [0, 0.1) is 0 Å². The maximum Gasteiger partial charge on any atom is 0.246 e. The summed E-state index contributed by atoms with van der Waals surface area (Å²) in [4.78, 5) is 6.21. The fraction of sp³-hybridized carbons (Fsp3) is 0.583. The first-order valence-corrected chi connectivity index (χ1v) is 9.02. The number of aromatic nitrogens is 1. The van der Waals surface area contributed by atoms with Crippen LogP contribution >= 0.6 is 27.5 Å². The molecule has 1 aromatic heterocycles. The SMILES string of the molecule is CCN1CCN(S(=O)(=O)c2cc(Br)cnc2Cl)CC1C. The number of rotatable bonds is 3. The molecule has 0 spiro atoms. The number of hydrogen-bond acceptors (Lipinski definition) is 4. The first-order chi connectivity index (χ1) is 9.36. The van der Waals surface area contributed by atoms with Gasteiger partial charge in [-0.25, -0.2) is 13.4 Å². The second-order valence-corrected chi connectivity index (χ2v) is 7.96. The van der Waals surface area contributed by atoms with Gasteiger partial charge in [0.1, 0.15) is 10.0 Å². The van der Waals surface area contributed by atoms with Gasteiger partial charge in [-0.05, 0) is 35.5 Å². The number of sulfonamides is 1. The highest BCUT2D eigenvalue weighted by Crippen LogP contribution is 2.27. The summed E-state index contributed by atoms with van der Waals surface area (Å²) in [5.41, 5.74) is 0. The van der Waals surface area contributed by atoms with Gasteiger partial charge in [-0.3, -0.25) is 4.90 Å². The smallest absolute Gasteiger partial charge is 0.246 e. The second-order valence-electron chi connectivity index (χ2n) is 4.78. The molecule has 2 rings (SSSR count). The van der Waals surface area contributed by atoms with Crippen LogP contribution in [0.4, 0.5) is 0 Å². The van der Waals surface area contributed by atoms with Crippen LogP contribution in [0.2, 0.25) is 5.15 Å². The lowest BCUT2D eigenvalue weighted by Crippen LogP contribution is -2.53. The number of halogens is 2. The van der Waals surface area contributed by atoms with Crippen LogP contribution in [0.5, 0.6) is 0 Å². The van der Waals surface area contributed by atoms with Crippen molar-refractivity contribution in [3.8, 4) is 0 Å². The Hall–Kier alpha value is -0.210. The van der Waals surface area contributed by atoms with Gasteiger partial charge < -0.3 is 0 Å². The summed E-state index contributed by atoms with van der Waals surface area (Å²) in [5.74, 6) is 0. The van der Waals surface area contributed by atoms with Gasteiger partial charge in [0.25, 0.3) is 0 Å². The van der Waals surface area contributed by atoms with Crippen LogP contribution in [0.3, 0.4) is 0 Å². The lowest BCUT2D eigenvalue weighted by Gasteiger charge is -2.38. The highest BCUT2D eigenvalue weighted by Gasteiger charge is 2.33. The minimum absolute atomic E-state index is 0.0128. The monoisotopic (exact) mass is 381 g/mol. The van der Waals surface area contributed by atoms with Crippen molar-refractivity contribution in [3.63, 3.8) is 0 Å². The number of likely N-dealkylation sites (N-methyl/N-ethyl adjacent to an activating group) is 1. The Labute approximate surface area is 133 Å². The van der Waals surface area contributed by atoms with Gasteiger partial charge in [0.05, 0.1) is 0 Å². The van der Waals surface area contributed by atoms with Crippen molar-refractivity contribution in [2.45, 2.75) is 24.8 Å². The molecule has 0 aromatic carbocycles. The molecule has 0 bridgehead atoms. The van der Waals surface area contributed by atoms with E-state index in [0.29, 0.717) is 17.6 Å². The van der Waals surface area contributed by atoms with E-state index >= 15 is 0 Å². The average Bonchev–Trinajstić information content (AvgIpc) is 2.41. The first kappa shape index (κ1) is 16.2. The molecule has 0 amide bonds. The van der Waals surface area contributed by atoms with Gasteiger partial charge in [-0.1, -0.05) is 18.5 Å². The molecule has 1 aliphatic rings. The molecule has 2 heterocycles. The highest BCUT2D eigenvalue weighted by atomic mass is 79.9. The predicted molar refractivity (Wildman–Crippen MR) is 82.4 cm³/mol. The summed E-state index contributed by atoms with van der Waals surface area (Å²) in [6, 6.07) is 1.70. The molecular weight excluding hydrogens is 366 g/mol. The lowest BCUT2D eigenvalue weighted by molar-refractivity contribution is 0.135. The summed E-state index contributed by atoms with van der Waals surface area (Å²) in [6.45, 7) is 6.72. The van der Waals surface area contributed by atoms with Crippen molar-refractivity contribution in [1.82, 2.24) is 14.2 Å². The number of hydrogen-bond donors (Lipinski definition) is 0. The van der Waals surface area contributed by atoms with E-state index in [2.05, 4.69) is 32.7 Å². The van der Waals surface area contributed by atoms with E-state index in [1.165, 1.54) is 16.6 Å². The fourth-order valence-electron chi connectivity index (χ4n) is 2.37. The molecule has 0 aliphatic carbocycles. The molecule has 0 N–H and O–H groups in total. The summed E-state index contributed by atoms with van der Waals surface area (Å²) in [6.07, 6.45) is 1.49. The summed E-state index contributed by atoms with van der Waals surface area (Å²) >= 11 is 9.18. The maximum atomic E-state index is 12.7. The summed E-state index contributed by atoms with van der Waals surface area (Å²) < 4.78 is 27.4. The maximum absolute atomic E-state index is 12.7. The Morgan fingerprint density at radius 2 is 2.20 bits per heavy atom. The van der Waals surface area contributed by atoms with E-state index in [9.17, 15) is 8.42 Å². The Morgan fingerprint density at radius 1 is 1.50 bits per heavy atom. The number of nitrogens with zero attached hydrogens (tertiary/aromatic N) is 3. The standard InChI is InChI=1S/C12H17BrClN3O2S/c1-3-16-4-5-17(8-9(16)2)20(18,19)11-6-10(13)7-15-12(11)14/h6-7,9H,3-5,8H2,1-2H3. The van der Waals surface area contributed by atoms with Crippen molar-refractivity contribution < 1.29 is 8.42 Å². The van der Waals surface area contributed by atoms with E-state index in [-0.39, 0.29) is 16.1 Å². The summed E-state index contributed by atoms with van der Waals surface area (Å²) in [5, 5.41) is 0.0128. The van der Waals surface area contributed by atoms with Crippen molar-refractivity contribution in [3.05, 3.63) is 21.9 Å². The molecule has 1 aliphatic heterocycles. The first-order valence-electron chi connectivity index (χ1n) is 6.41. The molecule has 0 saturated carbocycles. The molecule has 8 heteroatoms. The highest BCUT2D eigenvalue weighted by molar-refractivity contribution is 9.10. The summed E-state index contributed by atoms with van der Waals surface area (Å²) in [7, 11) is -3.60. The molecule has 1 fully saturated rings. The Balaban J connectivity index is 2.30.